The van der Waals surface area contributed by atoms with Gasteiger partial charge in [0.15, 0.2) is 0 Å². The molecule has 0 bridgehead atoms. The fourth-order valence-electron chi connectivity index (χ4n) is 2.46. The highest BCUT2D eigenvalue weighted by molar-refractivity contribution is 6.04. The monoisotopic (exact) mass is 361 g/mol. The second-order valence-electron chi connectivity index (χ2n) is 5.84. The van der Waals surface area contributed by atoms with E-state index in [-0.39, 0.29) is 24.2 Å². The second kappa shape index (κ2) is 9.20. The van der Waals surface area contributed by atoms with Gasteiger partial charge >= 0.3 is 0 Å². The highest BCUT2D eigenvalue weighted by Crippen LogP contribution is 2.23. The van der Waals surface area contributed by atoms with Gasteiger partial charge in [0.25, 0.3) is 5.91 Å². The van der Waals surface area contributed by atoms with Crippen molar-refractivity contribution >= 4 is 29.9 Å². The standard InChI is InChI=1S/C19H23N3O2.ClH/c1-12-9-10-16(15(11-12)19(24)21-3)22-18(23)13(2)17(20)14-7-5-4-6-8-14;/h4-11,13,17H,20H2,1-3H3,(H,21,24)(H,22,23);1H. The number of nitrogens with one attached hydrogen (secondary N) is 2. The molecule has 0 spiro atoms. The second-order valence-corrected chi connectivity index (χ2v) is 5.84. The van der Waals surface area contributed by atoms with Gasteiger partial charge in [0.05, 0.1) is 17.2 Å². The number of benzene rings is 2. The number of carbonyl (C=O) groups excluding carboxylic acids is 2. The summed E-state index contributed by atoms with van der Waals surface area (Å²) in [5.41, 5.74) is 8.96. The molecule has 4 N–H and O–H groups in total. The number of aryl methyl sites for hydroxylation is 1. The molecule has 2 aromatic carbocycles. The molecule has 134 valence electrons. The normalized spacial score (nSPS) is 12.5. The van der Waals surface area contributed by atoms with Crippen molar-refractivity contribution < 1.29 is 9.59 Å². The van der Waals surface area contributed by atoms with Gasteiger partial charge in [-0.25, -0.2) is 0 Å². The summed E-state index contributed by atoms with van der Waals surface area (Å²) in [5, 5.41) is 5.41. The van der Waals surface area contributed by atoms with Crippen LogP contribution >= 0.6 is 12.4 Å². The number of hydrogen-bond donors (Lipinski definition) is 3. The molecular weight excluding hydrogens is 338 g/mol. The maximum Gasteiger partial charge on any atom is 0.253 e. The zero-order valence-electron chi connectivity index (χ0n) is 14.6. The quantitative estimate of drug-likeness (QED) is 0.765. The summed E-state index contributed by atoms with van der Waals surface area (Å²) in [4.78, 5) is 24.6. The number of amides is 2. The van der Waals surface area contributed by atoms with E-state index in [4.69, 9.17) is 5.73 Å². The molecule has 2 rings (SSSR count). The van der Waals surface area contributed by atoms with Crippen LogP contribution in [0.3, 0.4) is 0 Å². The van der Waals surface area contributed by atoms with Crippen LogP contribution in [0.25, 0.3) is 0 Å². The van der Waals surface area contributed by atoms with Gasteiger partial charge in [-0.05, 0) is 24.6 Å². The summed E-state index contributed by atoms with van der Waals surface area (Å²) in [6.07, 6.45) is 0. The van der Waals surface area contributed by atoms with Gasteiger partial charge in [-0.15, -0.1) is 12.4 Å². The Morgan fingerprint density at radius 2 is 1.72 bits per heavy atom. The number of halogens is 1. The van der Waals surface area contributed by atoms with Crippen LogP contribution in [0.1, 0.15) is 34.5 Å². The Morgan fingerprint density at radius 3 is 2.32 bits per heavy atom. The first kappa shape index (κ1) is 20.7. The topological polar surface area (TPSA) is 84.2 Å². The number of anilines is 1. The van der Waals surface area contributed by atoms with E-state index in [0.29, 0.717) is 11.3 Å². The zero-order valence-corrected chi connectivity index (χ0v) is 15.4. The summed E-state index contributed by atoms with van der Waals surface area (Å²) < 4.78 is 0. The SMILES string of the molecule is CNC(=O)c1cc(C)ccc1NC(=O)C(C)C(N)c1ccccc1.Cl. The third-order valence-corrected chi connectivity index (χ3v) is 4.04. The first-order valence-electron chi connectivity index (χ1n) is 7.88. The molecule has 6 heteroatoms. The summed E-state index contributed by atoms with van der Waals surface area (Å²) in [6.45, 7) is 3.67. The van der Waals surface area contributed by atoms with E-state index in [1.165, 1.54) is 0 Å². The van der Waals surface area contributed by atoms with Crippen molar-refractivity contribution in [2.75, 3.05) is 12.4 Å². The van der Waals surface area contributed by atoms with E-state index in [2.05, 4.69) is 10.6 Å². The van der Waals surface area contributed by atoms with E-state index in [1.807, 2.05) is 43.3 Å². The van der Waals surface area contributed by atoms with Gasteiger partial charge in [0.1, 0.15) is 0 Å². The highest BCUT2D eigenvalue weighted by atomic mass is 35.5. The van der Waals surface area contributed by atoms with E-state index < -0.39 is 12.0 Å². The van der Waals surface area contributed by atoms with Gasteiger partial charge in [0.2, 0.25) is 5.91 Å². The highest BCUT2D eigenvalue weighted by Gasteiger charge is 2.23. The van der Waals surface area contributed by atoms with Crippen molar-refractivity contribution in [2.24, 2.45) is 11.7 Å². The zero-order chi connectivity index (χ0) is 17.7. The van der Waals surface area contributed by atoms with Gasteiger partial charge in [-0.1, -0.05) is 48.9 Å². The average Bonchev–Trinajstić information content (AvgIpc) is 2.61. The average molecular weight is 362 g/mol. The van der Waals surface area contributed by atoms with Crippen molar-refractivity contribution in [3.8, 4) is 0 Å². The van der Waals surface area contributed by atoms with Crippen LogP contribution in [-0.4, -0.2) is 18.9 Å². The molecule has 0 aliphatic rings. The number of carbonyl (C=O) groups is 2. The van der Waals surface area contributed by atoms with Crippen LogP contribution in [0.5, 0.6) is 0 Å². The van der Waals surface area contributed by atoms with Crippen molar-refractivity contribution in [2.45, 2.75) is 19.9 Å². The minimum Gasteiger partial charge on any atom is -0.355 e. The molecule has 2 atom stereocenters. The van der Waals surface area contributed by atoms with Gasteiger partial charge in [0, 0.05) is 13.1 Å². The van der Waals surface area contributed by atoms with Gasteiger partial charge in [-0.2, -0.15) is 0 Å². The molecule has 0 saturated carbocycles. The Morgan fingerprint density at radius 1 is 1.08 bits per heavy atom. The number of rotatable bonds is 5. The molecule has 2 amide bonds. The third kappa shape index (κ3) is 5.05. The van der Waals surface area contributed by atoms with Crippen molar-refractivity contribution in [3.63, 3.8) is 0 Å². The van der Waals surface area contributed by atoms with E-state index >= 15 is 0 Å². The van der Waals surface area contributed by atoms with Crippen LogP contribution in [-0.2, 0) is 4.79 Å². The van der Waals surface area contributed by atoms with Crippen molar-refractivity contribution in [1.82, 2.24) is 5.32 Å². The molecule has 2 unspecified atom stereocenters. The summed E-state index contributed by atoms with van der Waals surface area (Å²) in [5.74, 6) is -0.902. The lowest BCUT2D eigenvalue weighted by Crippen LogP contribution is -2.31. The van der Waals surface area contributed by atoms with Crippen LogP contribution < -0.4 is 16.4 Å². The molecule has 25 heavy (non-hydrogen) atoms. The molecule has 0 aliphatic carbocycles. The molecule has 0 saturated heterocycles. The Hall–Kier alpha value is -2.37. The predicted molar refractivity (Wildman–Crippen MR) is 103 cm³/mol. The Labute approximate surface area is 154 Å². The first-order chi connectivity index (χ1) is 11.4. The molecule has 0 fully saturated rings. The van der Waals surface area contributed by atoms with E-state index in [0.717, 1.165) is 11.1 Å². The van der Waals surface area contributed by atoms with Crippen molar-refractivity contribution in [1.29, 1.82) is 0 Å². The fraction of sp³-hybridized carbons (Fsp3) is 0.263. The number of nitrogens with two attached hydrogens (primary N) is 1. The summed E-state index contributed by atoms with van der Waals surface area (Å²) in [7, 11) is 1.56. The van der Waals surface area contributed by atoms with Crippen LogP contribution in [0.15, 0.2) is 48.5 Å². The van der Waals surface area contributed by atoms with E-state index in [9.17, 15) is 9.59 Å². The predicted octanol–water partition coefficient (Wildman–Crippen LogP) is 3.05. The summed E-state index contributed by atoms with van der Waals surface area (Å²) >= 11 is 0. The minimum absolute atomic E-state index is 0. The first-order valence-corrected chi connectivity index (χ1v) is 7.88. The molecule has 0 aliphatic heterocycles. The maximum absolute atomic E-state index is 12.6. The van der Waals surface area contributed by atoms with E-state index in [1.54, 1.807) is 26.1 Å². The van der Waals surface area contributed by atoms with Crippen LogP contribution in [0.2, 0.25) is 0 Å². The molecule has 5 nitrogen and oxygen atoms in total. The fourth-order valence-corrected chi connectivity index (χ4v) is 2.46. The lowest BCUT2D eigenvalue weighted by atomic mass is 9.94. The lowest BCUT2D eigenvalue weighted by molar-refractivity contribution is -0.120. The van der Waals surface area contributed by atoms with Gasteiger partial charge in [-0.3, -0.25) is 9.59 Å². The number of hydrogen-bond acceptors (Lipinski definition) is 3. The molecular formula is C19H24ClN3O2. The Balaban J connectivity index is 0.00000312. The Kier molecular flexibility index (Phi) is 7.61. The summed E-state index contributed by atoms with van der Waals surface area (Å²) in [6, 6.07) is 14.4. The molecule has 2 aromatic rings. The minimum atomic E-state index is -0.439. The molecule has 0 radical (unpaired) electrons. The molecule has 0 aromatic heterocycles. The van der Waals surface area contributed by atoms with Crippen LogP contribution in [0.4, 0.5) is 5.69 Å². The lowest BCUT2D eigenvalue weighted by Gasteiger charge is -2.20. The van der Waals surface area contributed by atoms with Crippen LogP contribution in [0, 0.1) is 12.8 Å². The maximum atomic E-state index is 12.6. The van der Waals surface area contributed by atoms with Gasteiger partial charge < -0.3 is 16.4 Å². The third-order valence-electron chi connectivity index (χ3n) is 4.04. The smallest absolute Gasteiger partial charge is 0.253 e. The Bertz CT molecular complexity index is 735. The van der Waals surface area contributed by atoms with Crippen molar-refractivity contribution in [3.05, 3.63) is 65.2 Å². The largest absolute Gasteiger partial charge is 0.355 e. The molecule has 0 heterocycles.